The molecule has 20 heavy (non-hydrogen) atoms. The Balaban J connectivity index is 2.42. The molecule has 0 saturated carbocycles. The molecule has 0 radical (unpaired) electrons. The second-order valence-corrected chi connectivity index (χ2v) is 4.84. The van der Waals surface area contributed by atoms with Gasteiger partial charge in [-0.25, -0.2) is 4.85 Å². The quantitative estimate of drug-likeness (QED) is 0.319. The molecular formula is C18H8N2. The lowest BCUT2D eigenvalue weighted by atomic mass is 9.91. The van der Waals surface area contributed by atoms with Gasteiger partial charge in [0.1, 0.15) is 0 Å². The maximum Gasteiger partial charge on any atom is 0.194 e. The average molecular weight is 252 g/mol. The summed E-state index contributed by atoms with van der Waals surface area (Å²) in [4.78, 5) is 3.60. The van der Waals surface area contributed by atoms with Crippen LogP contribution in [0.3, 0.4) is 0 Å². The van der Waals surface area contributed by atoms with Gasteiger partial charge >= 0.3 is 0 Å². The molecule has 0 aliphatic rings. The first-order chi connectivity index (χ1) is 9.83. The van der Waals surface area contributed by atoms with Crippen LogP contribution in [-0.2, 0) is 0 Å². The van der Waals surface area contributed by atoms with E-state index in [-0.39, 0.29) is 0 Å². The molecule has 2 nitrogen and oxygen atoms in total. The third-order valence-corrected chi connectivity index (χ3v) is 3.88. The van der Waals surface area contributed by atoms with Crippen LogP contribution < -0.4 is 0 Å². The SMILES string of the molecule is [C-]#[N+]c1ccc2ccc3c(C#N)ccc4ccc1c2c43. The third-order valence-electron chi connectivity index (χ3n) is 3.88. The Kier molecular flexibility index (Phi) is 1.99. The van der Waals surface area contributed by atoms with Gasteiger partial charge in [0.25, 0.3) is 0 Å². The fourth-order valence-electron chi connectivity index (χ4n) is 2.98. The predicted octanol–water partition coefficient (Wildman–Crippen LogP) is 5.01. The summed E-state index contributed by atoms with van der Waals surface area (Å²) in [7, 11) is 0. The lowest BCUT2D eigenvalue weighted by Crippen LogP contribution is -1.86. The summed E-state index contributed by atoms with van der Waals surface area (Å²) in [5.74, 6) is 0. The predicted molar refractivity (Wildman–Crippen MR) is 81.1 cm³/mol. The van der Waals surface area contributed by atoms with Gasteiger partial charge in [0.2, 0.25) is 0 Å². The average Bonchev–Trinajstić information content (AvgIpc) is 2.52. The van der Waals surface area contributed by atoms with Crippen molar-refractivity contribution in [3.8, 4) is 6.07 Å². The largest absolute Gasteiger partial charge is 0.238 e. The highest BCUT2D eigenvalue weighted by molar-refractivity contribution is 6.26. The summed E-state index contributed by atoms with van der Waals surface area (Å²) in [6.07, 6.45) is 0. The maximum atomic E-state index is 9.27. The summed E-state index contributed by atoms with van der Waals surface area (Å²) in [6, 6.07) is 18.0. The minimum absolute atomic E-state index is 0.661. The normalized spacial score (nSPS) is 10.9. The van der Waals surface area contributed by atoms with Crippen LogP contribution in [0.5, 0.6) is 0 Å². The van der Waals surface area contributed by atoms with Gasteiger partial charge in [0.15, 0.2) is 5.69 Å². The molecule has 2 heteroatoms. The van der Waals surface area contributed by atoms with Crippen LogP contribution >= 0.6 is 0 Å². The van der Waals surface area contributed by atoms with Crippen LogP contribution in [0.15, 0.2) is 48.5 Å². The molecule has 0 atom stereocenters. The fraction of sp³-hybridized carbons (Fsp3) is 0. The lowest BCUT2D eigenvalue weighted by molar-refractivity contribution is 1.51. The monoisotopic (exact) mass is 252 g/mol. The molecule has 0 amide bonds. The van der Waals surface area contributed by atoms with Gasteiger partial charge in [-0.05, 0) is 33.0 Å². The van der Waals surface area contributed by atoms with Crippen LogP contribution in [0.1, 0.15) is 5.56 Å². The van der Waals surface area contributed by atoms with Crippen LogP contribution in [0.2, 0.25) is 0 Å². The van der Waals surface area contributed by atoms with E-state index < -0.39 is 0 Å². The van der Waals surface area contributed by atoms with Crippen molar-refractivity contribution in [3.63, 3.8) is 0 Å². The maximum absolute atomic E-state index is 9.27. The van der Waals surface area contributed by atoms with Gasteiger partial charge in [-0.1, -0.05) is 42.5 Å². The lowest BCUT2D eigenvalue weighted by Gasteiger charge is -2.12. The van der Waals surface area contributed by atoms with Gasteiger partial charge in [-0.3, -0.25) is 0 Å². The standard InChI is InChI=1S/C18H8N2/c1-20-16-9-6-12-4-7-14-13(10-19)3-2-11-5-8-15(16)18(12)17(11)14/h2-9H. The molecule has 0 aromatic heterocycles. The summed E-state index contributed by atoms with van der Waals surface area (Å²) in [5, 5.41) is 15.6. The first-order valence-corrected chi connectivity index (χ1v) is 6.31. The number of nitrogens with zero attached hydrogens (tertiary/aromatic N) is 2. The first kappa shape index (κ1) is 10.8. The number of nitriles is 1. The van der Waals surface area contributed by atoms with E-state index in [4.69, 9.17) is 6.57 Å². The first-order valence-electron chi connectivity index (χ1n) is 6.31. The highest BCUT2D eigenvalue weighted by atomic mass is 14.6. The van der Waals surface area contributed by atoms with Gasteiger partial charge in [-0.15, -0.1) is 0 Å². The van der Waals surface area contributed by atoms with Crippen molar-refractivity contribution in [1.82, 2.24) is 0 Å². The van der Waals surface area contributed by atoms with Crippen molar-refractivity contribution in [2.45, 2.75) is 0 Å². The van der Waals surface area contributed by atoms with E-state index >= 15 is 0 Å². The summed E-state index contributed by atoms with van der Waals surface area (Å²) in [6.45, 7) is 7.31. The van der Waals surface area contributed by atoms with Crippen molar-refractivity contribution < 1.29 is 0 Å². The smallest absolute Gasteiger partial charge is 0.194 e. The van der Waals surface area contributed by atoms with E-state index in [0.29, 0.717) is 11.3 Å². The van der Waals surface area contributed by atoms with Gasteiger partial charge in [0.05, 0.1) is 18.2 Å². The minimum atomic E-state index is 0.661. The van der Waals surface area contributed by atoms with E-state index in [9.17, 15) is 5.26 Å². The van der Waals surface area contributed by atoms with Gasteiger partial charge < -0.3 is 0 Å². The molecular weight excluding hydrogens is 244 g/mol. The zero-order chi connectivity index (χ0) is 13.7. The van der Waals surface area contributed by atoms with E-state index in [0.717, 1.165) is 32.3 Å². The van der Waals surface area contributed by atoms with Crippen molar-refractivity contribution in [3.05, 3.63) is 65.5 Å². The van der Waals surface area contributed by atoms with E-state index in [1.54, 1.807) is 0 Å². The summed E-state index contributed by atoms with van der Waals surface area (Å²) in [5.41, 5.74) is 1.34. The Morgan fingerprint density at radius 3 is 2.10 bits per heavy atom. The second kappa shape index (κ2) is 3.70. The highest BCUT2D eigenvalue weighted by Crippen LogP contribution is 2.39. The molecule has 0 bridgehead atoms. The van der Waals surface area contributed by atoms with Crippen molar-refractivity contribution in [2.24, 2.45) is 0 Å². The molecule has 0 heterocycles. The van der Waals surface area contributed by atoms with Crippen LogP contribution in [0, 0.1) is 17.9 Å². The molecule has 0 spiro atoms. The fourth-order valence-corrected chi connectivity index (χ4v) is 2.98. The molecule has 0 saturated heterocycles. The Labute approximate surface area is 115 Å². The van der Waals surface area contributed by atoms with Gasteiger partial charge in [-0.2, -0.15) is 5.26 Å². The number of benzene rings is 4. The van der Waals surface area contributed by atoms with Crippen LogP contribution in [-0.4, -0.2) is 0 Å². The molecule has 0 unspecified atom stereocenters. The number of hydrogen-bond donors (Lipinski definition) is 0. The molecule has 0 N–H and O–H groups in total. The van der Waals surface area contributed by atoms with Crippen LogP contribution in [0.25, 0.3) is 37.2 Å². The molecule has 4 rings (SSSR count). The van der Waals surface area contributed by atoms with Crippen molar-refractivity contribution >= 4 is 38.0 Å². The molecule has 0 fully saturated rings. The molecule has 4 aromatic rings. The second-order valence-electron chi connectivity index (χ2n) is 4.84. The summed E-state index contributed by atoms with van der Waals surface area (Å²) < 4.78 is 0. The zero-order valence-corrected chi connectivity index (χ0v) is 10.5. The number of hydrogen-bond acceptors (Lipinski definition) is 1. The van der Waals surface area contributed by atoms with Crippen LogP contribution in [0.4, 0.5) is 5.69 Å². The van der Waals surface area contributed by atoms with E-state index in [1.807, 2.05) is 48.5 Å². The molecule has 0 aliphatic heterocycles. The number of rotatable bonds is 0. The third kappa shape index (κ3) is 1.20. The minimum Gasteiger partial charge on any atom is -0.238 e. The zero-order valence-electron chi connectivity index (χ0n) is 10.5. The highest BCUT2D eigenvalue weighted by Gasteiger charge is 2.12. The molecule has 90 valence electrons. The Morgan fingerprint density at radius 1 is 0.800 bits per heavy atom. The van der Waals surface area contributed by atoms with Crippen molar-refractivity contribution in [2.75, 3.05) is 0 Å². The molecule has 0 aliphatic carbocycles. The van der Waals surface area contributed by atoms with E-state index in [2.05, 4.69) is 10.9 Å². The van der Waals surface area contributed by atoms with Crippen molar-refractivity contribution in [1.29, 1.82) is 5.26 Å². The Morgan fingerprint density at radius 2 is 1.40 bits per heavy atom. The topological polar surface area (TPSA) is 28.1 Å². The Bertz CT molecular complexity index is 974. The van der Waals surface area contributed by atoms with E-state index in [1.165, 1.54) is 0 Å². The Hall–Kier alpha value is -3.10. The molecule has 4 aromatic carbocycles. The summed E-state index contributed by atoms with van der Waals surface area (Å²) >= 11 is 0. The van der Waals surface area contributed by atoms with Gasteiger partial charge in [0, 0.05) is 5.39 Å².